The fourth-order valence-corrected chi connectivity index (χ4v) is 2.53. The first-order valence-electron chi connectivity index (χ1n) is 5.76. The largest absolute Gasteiger partial charge is 0.370 e. The lowest BCUT2D eigenvalue weighted by atomic mass is 9.83. The van der Waals surface area contributed by atoms with E-state index in [0.29, 0.717) is 11.9 Å². The van der Waals surface area contributed by atoms with Crippen molar-refractivity contribution in [2.45, 2.75) is 44.2 Å². The molecule has 1 atom stereocenters. The molecule has 2 aliphatic rings. The second-order valence-corrected chi connectivity index (χ2v) is 4.67. The van der Waals surface area contributed by atoms with Crippen LogP contribution in [0, 0.1) is 5.92 Å². The molecular weight excluding hydrogens is 188 g/mol. The zero-order chi connectivity index (χ0) is 10.7. The zero-order valence-corrected chi connectivity index (χ0v) is 9.08. The van der Waals surface area contributed by atoms with E-state index >= 15 is 0 Å². The molecule has 1 unspecified atom stereocenters. The number of hydrogen-bond donors (Lipinski definition) is 3. The predicted octanol–water partition coefficient (Wildman–Crippen LogP) is 1.04. The quantitative estimate of drug-likeness (QED) is 0.634. The van der Waals surface area contributed by atoms with Crippen LogP contribution in [0.5, 0.6) is 0 Å². The van der Waals surface area contributed by atoms with Crippen LogP contribution < -0.4 is 16.8 Å². The van der Waals surface area contributed by atoms with E-state index in [2.05, 4.69) is 10.3 Å². The van der Waals surface area contributed by atoms with Gasteiger partial charge in [0.25, 0.3) is 0 Å². The molecule has 1 fully saturated rings. The topological polar surface area (TPSA) is 76.4 Å². The van der Waals surface area contributed by atoms with Crippen LogP contribution >= 0.6 is 0 Å². The van der Waals surface area contributed by atoms with Gasteiger partial charge >= 0.3 is 0 Å². The SMILES string of the molecule is NC1=NC(N)(CC2CCCCC2)C=CN1. The minimum Gasteiger partial charge on any atom is -0.370 e. The molecule has 2 rings (SSSR count). The van der Waals surface area contributed by atoms with Gasteiger partial charge in [0.2, 0.25) is 0 Å². The second kappa shape index (κ2) is 4.23. The summed E-state index contributed by atoms with van der Waals surface area (Å²) in [6, 6.07) is 0. The normalized spacial score (nSPS) is 32.2. The molecule has 0 radical (unpaired) electrons. The Morgan fingerprint density at radius 1 is 1.40 bits per heavy atom. The van der Waals surface area contributed by atoms with Crippen LogP contribution in [-0.4, -0.2) is 11.6 Å². The van der Waals surface area contributed by atoms with Gasteiger partial charge in [-0.3, -0.25) is 0 Å². The molecule has 0 amide bonds. The molecule has 0 aromatic rings. The average molecular weight is 208 g/mol. The molecule has 84 valence electrons. The van der Waals surface area contributed by atoms with E-state index in [-0.39, 0.29) is 0 Å². The van der Waals surface area contributed by atoms with Crippen LogP contribution in [0.15, 0.2) is 17.3 Å². The molecule has 0 saturated heterocycles. The van der Waals surface area contributed by atoms with Crippen molar-refractivity contribution in [1.82, 2.24) is 5.32 Å². The molecule has 5 N–H and O–H groups in total. The van der Waals surface area contributed by atoms with E-state index in [1.54, 1.807) is 6.20 Å². The molecule has 0 bridgehead atoms. The van der Waals surface area contributed by atoms with E-state index in [4.69, 9.17) is 11.5 Å². The molecule has 4 nitrogen and oxygen atoms in total. The second-order valence-electron chi connectivity index (χ2n) is 4.67. The summed E-state index contributed by atoms with van der Waals surface area (Å²) in [6.07, 6.45) is 11.3. The first kappa shape index (κ1) is 10.5. The number of nitrogens with two attached hydrogens (primary N) is 2. The molecule has 0 aromatic heterocycles. The summed E-state index contributed by atoms with van der Waals surface area (Å²) >= 11 is 0. The Bertz CT molecular complexity index is 278. The number of hydrogen-bond acceptors (Lipinski definition) is 4. The maximum atomic E-state index is 6.19. The highest BCUT2D eigenvalue weighted by atomic mass is 15.2. The summed E-state index contributed by atoms with van der Waals surface area (Å²) in [5.74, 6) is 1.14. The van der Waals surface area contributed by atoms with Gasteiger partial charge in [-0.2, -0.15) is 0 Å². The minimum absolute atomic E-state index is 0.427. The van der Waals surface area contributed by atoms with E-state index in [1.807, 2.05) is 6.08 Å². The fourth-order valence-electron chi connectivity index (χ4n) is 2.53. The molecule has 0 spiro atoms. The predicted molar refractivity (Wildman–Crippen MR) is 62.0 cm³/mol. The first-order chi connectivity index (χ1) is 7.18. The number of nitrogens with zero attached hydrogens (tertiary/aromatic N) is 1. The maximum absolute atomic E-state index is 6.19. The molecule has 1 aliphatic carbocycles. The van der Waals surface area contributed by atoms with Crippen LogP contribution in [0.1, 0.15) is 38.5 Å². The van der Waals surface area contributed by atoms with Crippen LogP contribution in [0.25, 0.3) is 0 Å². The molecule has 4 heteroatoms. The number of rotatable bonds is 2. The highest BCUT2D eigenvalue weighted by molar-refractivity contribution is 5.80. The monoisotopic (exact) mass is 208 g/mol. The van der Waals surface area contributed by atoms with Crippen molar-refractivity contribution < 1.29 is 0 Å². The lowest BCUT2D eigenvalue weighted by molar-refractivity contribution is 0.290. The zero-order valence-electron chi connectivity index (χ0n) is 9.08. The maximum Gasteiger partial charge on any atom is 0.194 e. The van der Waals surface area contributed by atoms with Gasteiger partial charge in [-0.1, -0.05) is 32.1 Å². The highest BCUT2D eigenvalue weighted by Crippen LogP contribution is 2.31. The molecule has 0 aromatic carbocycles. The van der Waals surface area contributed by atoms with E-state index in [0.717, 1.165) is 6.42 Å². The summed E-state index contributed by atoms with van der Waals surface area (Å²) in [5, 5.41) is 2.84. The van der Waals surface area contributed by atoms with Crippen molar-refractivity contribution in [1.29, 1.82) is 0 Å². The Hall–Kier alpha value is -1.03. The van der Waals surface area contributed by atoms with E-state index in [9.17, 15) is 0 Å². The third-order valence-electron chi connectivity index (χ3n) is 3.27. The van der Waals surface area contributed by atoms with Crippen LogP contribution in [0.4, 0.5) is 0 Å². The molecule has 15 heavy (non-hydrogen) atoms. The minimum atomic E-state index is -0.572. The summed E-state index contributed by atoms with van der Waals surface area (Å²) in [4.78, 5) is 4.28. The highest BCUT2D eigenvalue weighted by Gasteiger charge is 2.28. The number of nitrogens with one attached hydrogen (secondary N) is 1. The standard InChI is InChI=1S/C11H20N4/c12-10-14-7-6-11(13,15-10)8-9-4-2-1-3-5-9/h6-7,9H,1-5,8,13H2,(H3,12,14,15). The van der Waals surface area contributed by atoms with E-state index < -0.39 is 5.66 Å². The van der Waals surface area contributed by atoms with Gasteiger partial charge in [0, 0.05) is 6.20 Å². The average Bonchev–Trinajstić information content (AvgIpc) is 2.18. The van der Waals surface area contributed by atoms with Gasteiger partial charge in [0.15, 0.2) is 5.96 Å². The Balaban J connectivity index is 1.97. The van der Waals surface area contributed by atoms with Crippen molar-refractivity contribution in [2.75, 3.05) is 0 Å². The third kappa shape index (κ3) is 2.72. The Labute approximate surface area is 90.8 Å². The lowest BCUT2D eigenvalue weighted by Gasteiger charge is -2.31. The summed E-state index contributed by atoms with van der Waals surface area (Å²) < 4.78 is 0. The van der Waals surface area contributed by atoms with Gasteiger partial charge in [0.1, 0.15) is 5.66 Å². The molecular formula is C11H20N4. The van der Waals surface area contributed by atoms with Crippen LogP contribution in [0.2, 0.25) is 0 Å². The smallest absolute Gasteiger partial charge is 0.194 e. The van der Waals surface area contributed by atoms with Crippen LogP contribution in [0.3, 0.4) is 0 Å². The first-order valence-corrected chi connectivity index (χ1v) is 5.76. The van der Waals surface area contributed by atoms with Gasteiger partial charge in [-0.15, -0.1) is 0 Å². The molecule has 1 aliphatic heterocycles. The Kier molecular flexibility index (Phi) is 2.95. The Morgan fingerprint density at radius 2 is 2.13 bits per heavy atom. The summed E-state index contributed by atoms with van der Waals surface area (Å²) in [5.41, 5.74) is 11.2. The van der Waals surface area contributed by atoms with Crippen molar-refractivity contribution in [3.8, 4) is 0 Å². The number of guanidine groups is 1. The number of aliphatic imine (C=N–C) groups is 1. The van der Waals surface area contributed by atoms with Crippen molar-refractivity contribution in [3.05, 3.63) is 12.3 Å². The summed E-state index contributed by atoms with van der Waals surface area (Å²) in [6.45, 7) is 0. The van der Waals surface area contributed by atoms with Gasteiger partial charge in [0.05, 0.1) is 0 Å². The van der Waals surface area contributed by atoms with Gasteiger partial charge in [-0.25, -0.2) is 4.99 Å². The summed E-state index contributed by atoms with van der Waals surface area (Å²) in [7, 11) is 0. The van der Waals surface area contributed by atoms with Crippen molar-refractivity contribution >= 4 is 5.96 Å². The van der Waals surface area contributed by atoms with Crippen molar-refractivity contribution in [3.63, 3.8) is 0 Å². The Morgan fingerprint density at radius 3 is 2.80 bits per heavy atom. The lowest BCUT2D eigenvalue weighted by Crippen LogP contribution is -2.45. The van der Waals surface area contributed by atoms with Crippen molar-refractivity contribution in [2.24, 2.45) is 22.4 Å². The van der Waals surface area contributed by atoms with Crippen LogP contribution in [-0.2, 0) is 0 Å². The molecule has 1 saturated carbocycles. The van der Waals surface area contributed by atoms with Gasteiger partial charge in [-0.05, 0) is 18.4 Å². The van der Waals surface area contributed by atoms with Gasteiger partial charge < -0.3 is 16.8 Å². The third-order valence-corrected chi connectivity index (χ3v) is 3.27. The van der Waals surface area contributed by atoms with E-state index in [1.165, 1.54) is 32.1 Å². The fraction of sp³-hybridized carbons (Fsp3) is 0.727. The molecule has 1 heterocycles.